The molecule has 0 aromatic heterocycles. The van der Waals surface area contributed by atoms with E-state index < -0.39 is 11.6 Å². The first kappa shape index (κ1) is 24.6. The van der Waals surface area contributed by atoms with Gasteiger partial charge in [-0.2, -0.15) is 0 Å². The number of amides is 1. The van der Waals surface area contributed by atoms with Crippen molar-refractivity contribution in [3.05, 3.63) is 59.7 Å². The van der Waals surface area contributed by atoms with Gasteiger partial charge in [0.25, 0.3) is 0 Å². The van der Waals surface area contributed by atoms with Crippen molar-refractivity contribution in [1.82, 2.24) is 10.6 Å². The normalized spacial score (nSPS) is 10.7. The molecule has 0 atom stereocenters. The van der Waals surface area contributed by atoms with Crippen molar-refractivity contribution < 1.29 is 18.3 Å². The summed E-state index contributed by atoms with van der Waals surface area (Å²) >= 11 is 0. The second-order valence-electron chi connectivity index (χ2n) is 5.92. The predicted molar refractivity (Wildman–Crippen MR) is 121 cm³/mol. The minimum Gasteiger partial charge on any atom is -0.492 e. The van der Waals surface area contributed by atoms with Gasteiger partial charge in [0.05, 0.1) is 13.1 Å². The fourth-order valence-electron chi connectivity index (χ4n) is 2.38. The number of carbonyl (C=O) groups excluding carboxylic acids is 1. The lowest BCUT2D eigenvalue weighted by Crippen LogP contribution is -2.39. The number of halogens is 3. The highest BCUT2D eigenvalue weighted by Gasteiger charge is 2.04. The molecule has 9 heteroatoms. The van der Waals surface area contributed by atoms with E-state index in [4.69, 9.17) is 4.74 Å². The van der Waals surface area contributed by atoms with Crippen molar-refractivity contribution >= 4 is 41.5 Å². The lowest BCUT2D eigenvalue weighted by molar-refractivity contribution is -0.114. The molecular formula is C20H25F2IN4O2. The largest absolute Gasteiger partial charge is 0.492 e. The molecule has 0 saturated heterocycles. The summed E-state index contributed by atoms with van der Waals surface area (Å²) in [7, 11) is 0. The average Bonchev–Trinajstić information content (AvgIpc) is 2.65. The van der Waals surface area contributed by atoms with Crippen molar-refractivity contribution in [3.63, 3.8) is 0 Å². The van der Waals surface area contributed by atoms with E-state index in [1.54, 1.807) is 24.3 Å². The molecule has 2 rings (SSSR count). The lowest BCUT2D eigenvalue weighted by Gasteiger charge is -2.13. The Balaban J connectivity index is 0.00000420. The molecule has 2 aromatic carbocycles. The van der Waals surface area contributed by atoms with Crippen LogP contribution in [0.5, 0.6) is 5.75 Å². The molecule has 0 aliphatic carbocycles. The molecule has 0 aliphatic rings. The number of guanidine groups is 1. The Hall–Kier alpha value is -2.43. The topological polar surface area (TPSA) is 74.8 Å². The zero-order chi connectivity index (χ0) is 20.4. The molecule has 0 saturated carbocycles. The highest BCUT2D eigenvalue weighted by molar-refractivity contribution is 14.0. The smallest absolute Gasteiger partial charge is 0.221 e. The third-order valence-electron chi connectivity index (χ3n) is 3.58. The van der Waals surface area contributed by atoms with Crippen LogP contribution in [0.1, 0.15) is 19.4 Å². The summed E-state index contributed by atoms with van der Waals surface area (Å²) in [6, 6.07) is 10.4. The number of rotatable bonds is 8. The van der Waals surface area contributed by atoms with Crippen LogP contribution >= 0.6 is 24.0 Å². The van der Waals surface area contributed by atoms with Gasteiger partial charge in [-0.1, -0.05) is 6.07 Å². The first-order chi connectivity index (χ1) is 13.5. The summed E-state index contributed by atoms with van der Waals surface area (Å²) in [5, 5.41) is 8.80. The van der Waals surface area contributed by atoms with Crippen molar-refractivity contribution in [2.45, 2.75) is 20.4 Å². The van der Waals surface area contributed by atoms with Crippen LogP contribution in [-0.4, -0.2) is 31.6 Å². The SMILES string of the molecule is CCNC(=NCc1cc(F)ccc1F)NCCOc1cccc(NC(C)=O)c1.I. The molecule has 3 N–H and O–H groups in total. The van der Waals surface area contributed by atoms with Crippen LogP contribution in [0.25, 0.3) is 0 Å². The zero-order valence-electron chi connectivity index (χ0n) is 16.3. The molecular weight excluding hydrogens is 493 g/mol. The van der Waals surface area contributed by atoms with Gasteiger partial charge in [0, 0.05) is 30.8 Å². The Morgan fingerprint density at radius 1 is 1.14 bits per heavy atom. The highest BCUT2D eigenvalue weighted by atomic mass is 127. The van der Waals surface area contributed by atoms with Gasteiger partial charge in [0.15, 0.2) is 5.96 Å². The summed E-state index contributed by atoms with van der Waals surface area (Å²) in [6.07, 6.45) is 0. The van der Waals surface area contributed by atoms with E-state index in [1.807, 2.05) is 6.92 Å². The van der Waals surface area contributed by atoms with Gasteiger partial charge in [0.2, 0.25) is 5.91 Å². The fourth-order valence-corrected chi connectivity index (χ4v) is 2.38. The maximum Gasteiger partial charge on any atom is 0.221 e. The molecule has 0 heterocycles. The van der Waals surface area contributed by atoms with E-state index in [0.29, 0.717) is 37.1 Å². The number of nitrogens with one attached hydrogen (secondary N) is 3. The van der Waals surface area contributed by atoms with Crippen molar-refractivity contribution in [2.24, 2.45) is 4.99 Å². The average molecular weight is 518 g/mol. The Kier molecular flexibility index (Phi) is 11.0. The van der Waals surface area contributed by atoms with Crippen LogP contribution < -0.4 is 20.7 Å². The molecule has 0 aliphatic heterocycles. The lowest BCUT2D eigenvalue weighted by atomic mass is 10.2. The second kappa shape index (κ2) is 12.9. The van der Waals surface area contributed by atoms with Gasteiger partial charge in [0.1, 0.15) is 24.0 Å². The number of hydrogen-bond acceptors (Lipinski definition) is 3. The zero-order valence-corrected chi connectivity index (χ0v) is 18.6. The number of ether oxygens (including phenoxy) is 1. The maximum atomic E-state index is 13.7. The molecule has 2 aromatic rings. The Labute approximate surface area is 186 Å². The number of benzene rings is 2. The third-order valence-corrected chi connectivity index (χ3v) is 3.58. The van der Waals surface area contributed by atoms with E-state index in [0.717, 1.165) is 18.2 Å². The number of aliphatic imine (C=N–C) groups is 1. The number of carbonyl (C=O) groups is 1. The summed E-state index contributed by atoms with van der Waals surface area (Å²) in [5.74, 6) is -0.0542. The molecule has 0 unspecified atom stereocenters. The maximum absolute atomic E-state index is 13.7. The number of nitrogens with zero attached hydrogens (tertiary/aromatic N) is 1. The van der Waals surface area contributed by atoms with Crippen LogP contribution in [0.15, 0.2) is 47.5 Å². The number of anilines is 1. The molecule has 0 spiro atoms. The standard InChI is InChI=1S/C20H24F2N4O2.HI/c1-3-23-20(25-13-15-11-16(21)7-8-19(15)22)24-9-10-28-18-6-4-5-17(12-18)26-14(2)27;/h4-8,11-12H,3,9-10,13H2,1-2H3,(H,26,27)(H2,23,24,25);1H. The minimum atomic E-state index is -0.501. The highest BCUT2D eigenvalue weighted by Crippen LogP contribution is 2.17. The second-order valence-corrected chi connectivity index (χ2v) is 5.92. The van der Waals surface area contributed by atoms with Crippen molar-refractivity contribution in [2.75, 3.05) is 25.0 Å². The van der Waals surface area contributed by atoms with Crippen molar-refractivity contribution in [3.8, 4) is 5.75 Å². The van der Waals surface area contributed by atoms with Crippen LogP contribution in [0.2, 0.25) is 0 Å². The van der Waals surface area contributed by atoms with Gasteiger partial charge in [-0.25, -0.2) is 13.8 Å². The van der Waals surface area contributed by atoms with Gasteiger partial charge in [-0.05, 0) is 37.3 Å². The Morgan fingerprint density at radius 3 is 2.66 bits per heavy atom. The monoisotopic (exact) mass is 518 g/mol. The molecule has 0 radical (unpaired) electrons. The van der Waals surface area contributed by atoms with Crippen LogP contribution in [0.3, 0.4) is 0 Å². The summed E-state index contributed by atoms with van der Waals surface area (Å²) in [4.78, 5) is 15.4. The van der Waals surface area contributed by atoms with E-state index in [1.165, 1.54) is 6.92 Å². The Morgan fingerprint density at radius 2 is 1.93 bits per heavy atom. The summed E-state index contributed by atoms with van der Waals surface area (Å²) < 4.78 is 32.6. The van der Waals surface area contributed by atoms with E-state index in [-0.39, 0.29) is 42.0 Å². The van der Waals surface area contributed by atoms with Crippen LogP contribution in [0.4, 0.5) is 14.5 Å². The summed E-state index contributed by atoms with van der Waals surface area (Å²) in [5.41, 5.74) is 0.841. The van der Waals surface area contributed by atoms with Gasteiger partial charge in [-0.15, -0.1) is 24.0 Å². The van der Waals surface area contributed by atoms with Crippen molar-refractivity contribution in [1.29, 1.82) is 0 Å². The Bertz CT molecular complexity index is 834. The number of hydrogen-bond donors (Lipinski definition) is 3. The molecule has 0 fully saturated rings. The molecule has 29 heavy (non-hydrogen) atoms. The third kappa shape index (κ3) is 9.07. The predicted octanol–water partition coefficient (Wildman–Crippen LogP) is 3.68. The summed E-state index contributed by atoms with van der Waals surface area (Å²) in [6.45, 7) is 4.78. The van der Waals surface area contributed by atoms with Crippen LogP contribution in [0, 0.1) is 11.6 Å². The first-order valence-corrected chi connectivity index (χ1v) is 8.94. The minimum absolute atomic E-state index is 0. The van der Waals surface area contributed by atoms with E-state index >= 15 is 0 Å². The van der Waals surface area contributed by atoms with E-state index in [9.17, 15) is 13.6 Å². The van der Waals surface area contributed by atoms with Gasteiger partial charge in [-0.3, -0.25) is 4.79 Å². The van der Waals surface area contributed by atoms with Gasteiger partial charge >= 0.3 is 0 Å². The first-order valence-electron chi connectivity index (χ1n) is 8.94. The van der Waals surface area contributed by atoms with E-state index in [2.05, 4.69) is 20.9 Å². The molecule has 158 valence electrons. The van der Waals surface area contributed by atoms with Gasteiger partial charge < -0.3 is 20.7 Å². The fraction of sp³-hybridized carbons (Fsp3) is 0.300. The molecule has 6 nitrogen and oxygen atoms in total. The molecule has 0 bridgehead atoms. The quantitative estimate of drug-likeness (QED) is 0.216. The molecule has 1 amide bonds. The van der Waals surface area contributed by atoms with Crippen LogP contribution in [-0.2, 0) is 11.3 Å².